The number of rotatable bonds is 6. The van der Waals surface area contributed by atoms with E-state index in [1.807, 2.05) is 49.3 Å². The van der Waals surface area contributed by atoms with Crippen molar-refractivity contribution in [3.63, 3.8) is 0 Å². The molecule has 1 aromatic carbocycles. The number of hydrogen-bond acceptors (Lipinski definition) is 6. The molecule has 0 saturated carbocycles. The van der Waals surface area contributed by atoms with Crippen LogP contribution in [0.4, 0.5) is 17.5 Å². The molecule has 24 heavy (non-hydrogen) atoms. The fourth-order valence-electron chi connectivity index (χ4n) is 2.05. The smallest absolute Gasteiger partial charge is 0.248 e. The van der Waals surface area contributed by atoms with Gasteiger partial charge in [-0.05, 0) is 26.2 Å². The second-order valence-corrected chi connectivity index (χ2v) is 5.48. The molecule has 0 aliphatic rings. The van der Waals surface area contributed by atoms with E-state index in [0.29, 0.717) is 23.7 Å². The molecule has 2 aromatic rings. The van der Waals surface area contributed by atoms with Gasteiger partial charge < -0.3 is 21.3 Å². The normalized spacial score (nSPS) is 11.0. The van der Waals surface area contributed by atoms with E-state index < -0.39 is 0 Å². The first-order chi connectivity index (χ1) is 11.5. The van der Waals surface area contributed by atoms with Crippen molar-refractivity contribution in [2.45, 2.75) is 0 Å². The number of nitrogen functional groups attached to an aromatic ring is 1. The van der Waals surface area contributed by atoms with Gasteiger partial charge in [-0.3, -0.25) is 4.79 Å². The summed E-state index contributed by atoms with van der Waals surface area (Å²) in [5, 5.41) is 5.78. The van der Waals surface area contributed by atoms with E-state index in [1.54, 1.807) is 13.1 Å². The van der Waals surface area contributed by atoms with Crippen molar-refractivity contribution in [1.82, 2.24) is 14.9 Å². The van der Waals surface area contributed by atoms with Crippen LogP contribution in [0.3, 0.4) is 0 Å². The lowest BCUT2D eigenvalue weighted by atomic mass is 10.1. The van der Waals surface area contributed by atoms with Crippen LogP contribution < -0.4 is 16.4 Å². The lowest BCUT2D eigenvalue weighted by molar-refractivity contribution is -0.111. The molecule has 0 aliphatic heterocycles. The van der Waals surface area contributed by atoms with Crippen LogP contribution >= 0.6 is 0 Å². The summed E-state index contributed by atoms with van der Waals surface area (Å²) in [4.78, 5) is 22.2. The van der Waals surface area contributed by atoms with Crippen LogP contribution in [0.1, 0.15) is 0 Å². The highest BCUT2D eigenvalue weighted by Crippen LogP contribution is 2.23. The predicted molar refractivity (Wildman–Crippen MR) is 97.8 cm³/mol. The Morgan fingerprint density at radius 3 is 2.79 bits per heavy atom. The molecular weight excluding hydrogens is 304 g/mol. The highest BCUT2D eigenvalue weighted by atomic mass is 16.1. The molecule has 0 bridgehead atoms. The SMILES string of the molecule is CNc1cc(-c2cccc(NC(=O)/C=C/CN(C)C)c2)nc(N)n1. The number of aromatic nitrogens is 2. The molecule has 0 fully saturated rings. The lowest BCUT2D eigenvalue weighted by Gasteiger charge is -2.08. The van der Waals surface area contributed by atoms with Gasteiger partial charge in [0.2, 0.25) is 11.9 Å². The Bertz CT molecular complexity index is 742. The molecule has 0 saturated heterocycles. The average Bonchev–Trinajstić information content (AvgIpc) is 2.54. The quantitative estimate of drug-likeness (QED) is 0.701. The van der Waals surface area contributed by atoms with Crippen molar-refractivity contribution in [1.29, 1.82) is 0 Å². The van der Waals surface area contributed by atoms with Gasteiger partial charge in [0.15, 0.2) is 0 Å². The maximum absolute atomic E-state index is 11.9. The number of carbonyl (C=O) groups excluding carboxylic acids is 1. The predicted octanol–water partition coefficient (Wildman–Crippen LogP) is 1.82. The van der Waals surface area contributed by atoms with Gasteiger partial charge in [0.1, 0.15) is 5.82 Å². The zero-order chi connectivity index (χ0) is 17.5. The summed E-state index contributed by atoms with van der Waals surface area (Å²) in [7, 11) is 5.65. The molecule has 2 rings (SSSR count). The van der Waals surface area contributed by atoms with Crippen LogP contribution in [0, 0.1) is 0 Å². The minimum atomic E-state index is -0.174. The summed E-state index contributed by atoms with van der Waals surface area (Å²) in [5.41, 5.74) is 7.94. The second kappa shape index (κ2) is 8.07. The van der Waals surface area contributed by atoms with Crippen LogP contribution in [0.2, 0.25) is 0 Å². The largest absolute Gasteiger partial charge is 0.373 e. The molecule has 1 aromatic heterocycles. The maximum atomic E-state index is 11.9. The van der Waals surface area contributed by atoms with Gasteiger partial charge in [-0.2, -0.15) is 4.98 Å². The molecule has 0 radical (unpaired) electrons. The molecule has 7 nitrogen and oxygen atoms in total. The molecule has 4 N–H and O–H groups in total. The average molecular weight is 326 g/mol. The summed E-state index contributed by atoms with van der Waals surface area (Å²) < 4.78 is 0. The molecule has 1 amide bonds. The Balaban J connectivity index is 2.16. The molecule has 126 valence electrons. The number of anilines is 3. The van der Waals surface area contributed by atoms with Gasteiger partial charge in [-0.25, -0.2) is 4.98 Å². The summed E-state index contributed by atoms with van der Waals surface area (Å²) in [6.07, 6.45) is 3.33. The fourth-order valence-corrected chi connectivity index (χ4v) is 2.05. The van der Waals surface area contributed by atoms with Gasteiger partial charge in [-0.15, -0.1) is 0 Å². The fraction of sp³-hybridized carbons (Fsp3) is 0.235. The van der Waals surface area contributed by atoms with Crippen LogP contribution in [-0.4, -0.2) is 48.5 Å². The van der Waals surface area contributed by atoms with E-state index in [-0.39, 0.29) is 11.9 Å². The number of nitrogens with zero attached hydrogens (tertiary/aromatic N) is 3. The summed E-state index contributed by atoms with van der Waals surface area (Å²) in [6, 6.07) is 9.22. The third-order valence-electron chi connectivity index (χ3n) is 3.17. The molecule has 0 aliphatic carbocycles. The van der Waals surface area contributed by atoms with Crippen LogP contribution in [0.5, 0.6) is 0 Å². The highest BCUT2D eigenvalue weighted by molar-refractivity contribution is 5.99. The number of benzene rings is 1. The van der Waals surface area contributed by atoms with E-state index in [0.717, 1.165) is 5.56 Å². The zero-order valence-corrected chi connectivity index (χ0v) is 14.1. The second-order valence-electron chi connectivity index (χ2n) is 5.48. The van der Waals surface area contributed by atoms with Gasteiger partial charge in [0.25, 0.3) is 0 Å². The van der Waals surface area contributed by atoms with Gasteiger partial charge in [-0.1, -0.05) is 18.2 Å². The summed E-state index contributed by atoms with van der Waals surface area (Å²) in [5.74, 6) is 0.656. The highest BCUT2D eigenvalue weighted by Gasteiger charge is 2.06. The molecular formula is C17H22N6O. The molecule has 0 atom stereocenters. The van der Waals surface area contributed by atoms with E-state index >= 15 is 0 Å². The van der Waals surface area contributed by atoms with Crippen molar-refractivity contribution >= 4 is 23.4 Å². The van der Waals surface area contributed by atoms with Crippen molar-refractivity contribution in [3.05, 3.63) is 42.5 Å². The molecule has 1 heterocycles. The third kappa shape index (κ3) is 5.06. The van der Waals surface area contributed by atoms with E-state index in [9.17, 15) is 4.79 Å². The van der Waals surface area contributed by atoms with Crippen molar-refractivity contribution in [2.75, 3.05) is 44.1 Å². The molecule has 0 unspecified atom stereocenters. The summed E-state index contributed by atoms with van der Waals surface area (Å²) in [6.45, 7) is 0.709. The first-order valence-electron chi connectivity index (χ1n) is 7.53. The Labute approximate surface area is 141 Å². The number of carbonyl (C=O) groups is 1. The lowest BCUT2D eigenvalue weighted by Crippen LogP contribution is -2.12. The number of amides is 1. The Morgan fingerprint density at radius 1 is 1.29 bits per heavy atom. The first kappa shape index (κ1) is 17.4. The Morgan fingerprint density at radius 2 is 2.08 bits per heavy atom. The van der Waals surface area contributed by atoms with Gasteiger partial charge >= 0.3 is 0 Å². The molecule has 0 spiro atoms. The van der Waals surface area contributed by atoms with Crippen LogP contribution in [0.25, 0.3) is 11.3 Å². The summed E-state index contributed by atoms with van der Waals surface area (Å²) >= 11 is 0. The van der Waals surface area contributed by atoms with Crippen molar-refractivity contribution < 1.29 is 4.79 Å². The first-order valence-corrected chi connectivity index (χ1v) is 7.53. The van der Waals surface area contributed by atoms with Gasteiger partial charge in [0, 0.05) is 37.0 Å². The minimum absolute atomic E-state index is 0.174. The third-order valence-corrected chi connectivity index (χ3v) is 3.17. The Hall–Kier alpha value is -2.93. The van der Waals surface area contributed by atoms with E-state index in [1.165, 1.54) is 6.08 Å². The minimum Gasteiger partial charge on any atom is -0.373 e. The maximum Gasteiger partial charge on any atom is 0.248 e. The van der Waals surface area contributed by atoms with E-state index in [2.05, 4.69) is 20.6 Å². The van der Waals surface area contributed by atoms with Crippen molar-refractivity contribution in [2.24, 2.45) is 0 Å². The molecule has 7 heteroatoms. The van der Waals surface area contributed by atoms with Gasteiger partial charge in [0.05, 0.1) is 5.69 Å². The monoisotopic (exact) mass is 326 g/mol. The number of likely N-dealkylation sites (N-methyl/N-ethyl adjacent to an activating group) is 1. The number of nitrogens with one attached hydrogen (secondary N) is 2. The van der Waals surface area contributed by atoms with E-state index in [4.69, 9.17) is 5.73 Å². The Kier molecular flexibility index (Phi) is 5.86. The number of nitrogens with two attached hydrogens (primary N) is 1. The zero-order valence-electron chi connectivity index (χ0n) is 14.1. The topological polar surface area (TPSA) is 96.2 Å². The van der Waals surface area contributed by atoms with Crippen LogP contribution in [0.15, 0.2) is 42.5 Å². The van der Waals surface area contributed by atoms with Crippen LogP contribution in [-0.2, 0) is 4.79 Å². The number of hydrogen-bond donors (Lipinski definition) is 3. The van der Waals surface area contributed by atoms with Crippen molar-refractivity contribution in [3.8, 4) is 11.3 Å². The standard InChI is InChI=1S/C17H22N6O/c1-19-15-11-14(21-17(18)22-15)12-6-4-7-13(10-12)20-16(24)8-5-9-23(2)3/h4-8,10-11H,9H2,1-3H3,(H,20,24)(H3,18,19,21,22)/b8-5+.